The zero-order valence-electron chi connectivity index (χ0n) is 15.5. The summed E-state index contributed by atoms with van der Waals surface area (Å²) in [7, 11) is 6.54. The third-order valence-electron chi connectivity index (χ3n) is 5.23. The largest absolute Gasteiger partial charge is 0.315 e. The standard InChI is InChI=1S/C6H12N2.C6H14N2.C5H12N2/c1-8-4-5-2-6(8)3-7-5;1-8-5-2-3-7-4-6-8;1-7-4-2-6-3-5-7/h5-7H,2-4H2,1H3;7H,2-6H2,1H3;6H,2-5H2,1H3/t5-,6-;;/m0../s1. The molecule has 4 aliphatic rings. The first kappa shape index (κ1) is 19.1. The Morgan fingerprint density at radius 3 is 1.83 bits per heavy atom. The molecule has 4 rings (SSSR count). The van der Waals surface area contributed by atoms with Crippen molar-refractivity contribution < 1.29 is 0 Å². The molecule has 0 saturated carbocycles. The molecule has 136 valence electrons. The van der Waals surface area contributed by atoms with E-state index in [0.29, 0.717) is 0 Å². The first-order chi connectivity index (χ1) is 11.1. The number of rotatable bonds is 0. The number of likely N-dealkylation sites (tertiary alicyclic amines) is 1. The minimum absolute atomic E-state index is 0.824. The van der Waals surface area contributed by atoms with Crippen LogP contribution in [0.15, 0.2) is 0 Å². The van der Waals surface area contributed by atoms with Crippen LogP contribution in [0.3, 0.4) is 0 Å². The molecule has 0 radical (unpaired) electrons. The summed E-state index contributed by atoms with van der Waals surface area (Å²) in [6.07, 6.45) is 2.69. The lowest BCUT2D eigenvalue weighted by Gasteiger charge is -2.21. The second-order valence-corrected chi connectivity index (χ2v) is 7.39. The number of hydrogen-bond acceptors (Lipinski definition) is 6. The minimum Gasteiger partial charge on any atom is -0.315 e. The number of nitrogens with one attached hydrogen (secondary N) is 3. The molecule has 4 heterocycles. The normalized spacial score (nSPS) is 32.5. The van der Waals surface area contributed by atoms with Gasteiger partial charge in [-0.1, -0.05) is 0 Å². The second-order valence-electron chi connectivity index (χ2n) is 7.39. The molecule has 0 spiro atoms. The molecule has 0 unspecified atom stereocenters. The summed E-state index contributed by atoms with van der Waals surface area (Å²) in [5, 5.41) is 10.1. The molecule has 2 bridgehead atoms. The van der Waals surface area contributed by atoms with Crippen molar-refractivity contribution in [3.05, 3.63) is 0 Å². The fourth-order valence-corrected chi connectivity index (χ4v) is 3.53. The molecule has 0 aliphatic carbocycles. The van der Waals surface area contributed by atoms with Gasteiger partial charge < -0.3 is 30.7 Å². The molecule has 0 aromatic rings. The van der Waals surface area contributed by atoms with E-state index in [1.165, 1.54) is 58.7 Å². The Morgan fingerprint density at radius 1 is 0.783 bits per heavy atom. The van der Waals surface area contributed by atoms with E-state index in [1.807, 2.05) is 0 Å². The first-order valence-corrected chi connectivity index (χ1v) is 9.37. The van der Waals surface area contributed by atoms with Gasteiger partial charge in [0.05, 0.1) is 0 Å². The summed E-state index contributed by atoms with van der Waals surface area (Å²) < 4.78 is 0. The Morgan fingerprint density at radius 2 is 1.39 bits per heavy atom. The molecule has 23 heavy (non-hydrogen) atoms. The van der Waals surface area contributed by atoms with Crippen LogP contribution in [0.1, 0.15) is 12.8 Å². The van der Waals surface area contributed by atoms with Crippen molar-refractivity contribution in [2.45, 2.75) is 24.9 Å². The van der Waals surface area contributed by atoms with Crippen molar-refractivity contribution >= 4 is 0 Å². The van der Waals surface area contributed by atoms with E-state index in [0.717, 1.165) is 31.7 Å². The lowest BCUT2D eigenvalue weighted by atomic mass is 10.2. The number of nitrogens with zero attached hydrogens (tertiary/aromatic N) is 3. The molecule has 4 aliphatic heterocycles. The lowest BCUT2D eigenvalue weighted by molar-refractivity contribution is 0.276. The van der Waals surface area contributed by atoms with Gasteiger partial charge in [-0.15, -0.1) is 0 Å². The van der Waals surface area contributed by atoms with Crippen LogP contribution in [0.4, 0.5) is 0 Å². The van der Waals surface area contributed by atoms with E-state index in [1.54, 1.807) is 0 Å². The Bertz CT molecular complexity index is 297. The molecule has 6 heteroatoms. The van der Waals surface area contributed by atoms with Crippen LogP contribution in [0.5, 0.6) is 0 Å². The summed E-state index contributed by atoms with van der Waals surface area (Å²) in [5.74, 6) is 0. The fourth-order valence-electron chi connectivity index (χ4n) is 3.53. The molecule has 3 N–H and O–H groups in total. The zero-order chi connectivity index (χ0) is 16.5. The van der Waals surface area contributed by atoms with Crippen LogP contribution in [-0.2, 0) is 0 Å². The highest BCUT2D eigenvalue weighted by molar-refractivity contribution is 4.95. The Kier molecular flexibility index (Phi) is 8.79. The average molecular weight is 327 g/mol. The molecule has 0 aromatic carbocycles. The van der Waals surface area contributed by atoms with Gasteiger partial charge in [0.25, 0.3) is 0 Å². The van der Waals surface area contributed by atoms with Gasteiger partial charge in [0.2, 0.25) is 0 Å². The summed E-state index contributed by atoms with van der Waals surface area (Å²) in [6, 6.07) is 1.69. The second kappa shape index (κ2) is 10.6. The molecule has 2 atom stereocenters. The van der Waals surface area contributed by atoms with E-state index in [4.69, 9.17) is 0 Å². The van der Waals surface area contributed by atoms with Crippen LogP contribution in [-0.4, -0.2) is 113 Å². The maximum absolute atomic E-state index is 3.44. The summed E-state index contributed by atoms with van der Waals surface area (Å²) >= 11 is 0. The predicted molar refractivity (Wildman–Crippen MR) is 98.2 cm³/mol. The Balaban J connectivity index is 0.000000126. The number of piperazine rings is 2. The van der Waals surface area contributed by atoms with Gasteiger partial charge in [-0.2, -0.15) is 0 Å². The van der Waals surface area contributed by atoms with Crippen molar-refractivity contribution in [3.8, 4) is 0 Å². The van der Waals surface area contributed by atoms with Gasteiger partial charge in [0.15, 0.2) is 0 Å². The van der Waals surface area contributed by atoms with Crippen molar-refractivity contribution in [1.29, 1.82) is 0 Å². The van der Waals surface area contributed by atoms with Crippen LogP contribution < -0.4 is 16.0 Å². The quantitative estimate of drug-likeness (QED) is 0.536. The van der Waals surface area contributed by atoms with E-state index in [-0.39, 0.29) is 0 Å². The summed E-state index contributed by atoms with van der Waals surface area (Å²) in [4.78, 5) is 7.14. The SMILES string of the molecule is CN1CCCNCC1.CN1CCNCC1.CN1C[C@@H]2C[C@H]1CN2. The van der Waals surface area contributed by atoms with E-state index in [9.17, 15) is 0 Å². The summed E-state index contributed by atoms with van der Waals surface area (Å²) in [5.41, 5.74) is 0. The maximum Gasteiger partial charge on any atom is 0.0233 e. The number of likely N-dealkylation sites (N-methyl/N-ethyl adjacent to an activating group) is 3. The highest BCUT2D eigenvalue weighted by atomic mass is 15.3. The molecule has 0 aromatic heterocycles. The zero-order valence-corrected chi connectivity index (χ0v) is 15.5. The molecular weight excluding hydrogens is 288 g/mol. The monoisotopic (exact) mass is 326 g/mol. The minimum atomic E-state index is 0.824. The van der Waals surface area contributed by atoms with Gasteiger partial charge in [-0.3, -0.25) is 0 Å². The Hall–Kier alpha value is -0.240. The van der Waals surface area contributed by atoms with Gasteiger partial charge in [0, 0.05) is 64.4 Å². The Labute approximate surface area is 142 Å². The van der Waals surface area contributed by atoms with Crippen molar-refractivity contribution in [2.75, 3.05) is 86.6 Å². The summed E-state index contributed by atoms with van der Waals surface area (Å²) in [6.45, 7) is 12.1. The fraction of sp³-hybridized carbons (Fsp3) is 1.00. The van der Waals surface area contributed by atoms with E-state index < -0.39 is 0 Å². The third-order valence-corrected chi connectivity index (χ3v) is 5.23. The average Bonchev–Trinajstić information content (AvgIpc) is 3.06. The topological polar surface area (TPSA) is 45.8 Å². The number of hydrogen-bond donors (Lipinski definition) is 3. The van der Waals surface area contributed by atoms with Crippen molar-refractivity contribution in [3.63, 3.8) is 0 Å². The third kappa shape index (κ3) is 7.45. The van der Waals surface area contributed by atoms with E-state index in [2.05, 4.69) is 51.8 Å². The highest BCUT2D eigenvalue weighted by Gasteiger charge is 2.34. The van der Waals surface area contributed by atoms with Gasteiger partial charge in [0.1, 0.15) is 0 Å². The molecule has 0 amide bonds. The van der Waals surface area contributed by atoms with Crippen LogP contribution >= 0.6 is 0 Å². The molecular formula is C17H38N6. The van der Waals surface area contributed by atoms with Crippen LogP contribution in [0.25, 0.3) is 0 Å². The smallest absolute Gasteiger partial charge is 0.0233 e. The molecule has 6 nitrogen and oxygen atoms in total. The molecule has 4 saturated heterocycles. The van der Waals surface area contributed by atoms with E-state index >= 15 is 0 Å². The van der Waals surface area contributed by atoms with Gasteiger partial charge in [-0.25, -0.2) is 0 Å². The van der Waals surface area contributed by atoms with Gasteiger partial charge in [-0.05, 0) is 47.1 Å². The maximum atomic E-state index is 3.44. The lowest BCUT2D eigenvalue weighted by Crippen LogP contribution is -2.41. The molecule has 4 fully saturated rings. The van der Waals surface area contributed by atoms with Crippen molar-refractivity contribution in [2.24, 2.45) is 0 Å². The van der Waals surface area contributed by atoms with Crippen LogP contribution in [0.2, 0.25) is 0 Å². The predicted octanol–water partition coefficient (Wildman–Crippen LogP) is -0.905. The van der Waals surface area contributed by atoms with Gasteiger partial charge >= 0.3 is 0 Å². The number of fused-ring (bicyclic) bond motifs is 2. The first-order valence-electron chi connectivity index (χ1n) is 9.37. The van der Waals surface area contributed by atoms with Crippen LogP contribution in [0, 0.1) is 0 Å². The highest BCUT2D eigenvalue weighted by Crippen LogP contribution is 2.20. The van der Waals surface area contributed by atoms with Crippen molar-refractivity contribution in [1.82, 2.24) is 30.7 Å².